The molecule has 12 rings (SSSR count). The summed E-state index contributed by atoms with van der Waals surface area (Å²) in [5, 5.41) is 21.1. The molecular formula is C81H83F6O7S3+3. The average Bonchev–Trinajstić information content (AvgIpc) is 1.60. The highest BCUT2D eigenvalue weighted by molar-refractivity contribution is 7.46. The third-order valence-electron chi connectivity index (χ3n) is 18.0. The Balaban J connectivity index is 0.000000170. The van der Waals surface area contributed by atoms with Gasteiger partial charge >= 0.3 is 35.9 Å². The summed E-state index contributed by atoms with van der Waals surface area (Å²) in [4.78, 5) is 44.8. The van der Waals surface area contributed by atoms with Gasteiger partial charge in [-0.3, -0.25) is 0 Å². The van der Waals surface area contributed by atoms with Crippen LogP contribution in [0.15, 0.2) is 146 Å². The molecule has 7 nitrogen and oxygen atoms in total. The minimum atomic E-state index is -4.44. The molecule has 3 unspecified atom stereocenters. The molecule has 506 valence electrons. The molecule has 3 heterocycles. The average molecular weight is 1380 g/mol. The van der Waals surface area contributed by atoms with Gasteiger partial charge in [0.1, 0.15) is 0 Å². The molecule has 0 aliphatic rings. The number of ether oxygens (including phenoxy) is 3. The first-order valence-corrected chi connectivity index (χ1v) is 35.3. The summed E-state index contributed by atoms with van der Waals surface area (Å²) in [6, 6.07) is 50.1. The number of carbonyl (C=O) groups excluding carboxylic acids is 3. The fourth-order valence-electron chi connectivity index (χ4n) is 12.9. The standard InChI is InChI=1S/C28H31O3S.C27H25F4O2S.C25H23F2O2S.CH4/c1-17-15-22(16-18(2)25(17)27(29)31-14-13-28(5,6)30)32-20(4)19(3)26-23-10-8-7-9-21(23)11-12-24(26)32;1-15-12-20(13-16(2)23(15)25(32)33-14-27(30,31)26(5,28)29)34-18(4)17(3)24-21-9-7-6-8-19(21)10-11-22(24)34;1-14-12-19(13-15(2)22(14)24(28)29-25(5,26)27)30-17(4)16(3)23-20-9-7-6-8-18(20)10-11-21(23)30;/h7-12,15-16,30H,13-14H2,1-6H3;6-13H,14H2,1-5H3;6-13H,1-5H3;1H4/q3*+1;. The van der Waals surface area contributed by atoms with Crippen LogP contribution in [-0.4, -0.2) is 59.8 Å². The molecule has 0 bridgehead atoms. The number of halogens is 6. The zero-order valence-electron chi connectivity index (χ0n) is 56.9. The molecule has 12 aromatic rings. The summed E-state index contributed by atoms with van der Waals surface area (Å²) in [6.07, 6.45) is -3.09. The Morgan fingerprint density at radius 1 is 0.412 bits per heavy atom. The van der Waals surface area contributed by atoms with Gasteiger partial charge in [-0.25, -0.2) is 23.2 Å². The topological polar surface area (TPSA) is 99.1 Å². The van der Waals surface area contributed by atoms with Crippen LogP contribution >= 0.6 is 31.4 Å². The number of benzene rings is 9. The van der Waals surface area contributed by atoms with Crippen molar-refractivity contribution in [3.63, 3.8) is 0 Å². The van der Waals surface area contributed by atoms with Gasteiger partial charge in [0.15, 0.2) is 50.0 Å². The molecule has 0 amide bonds. The number of esters is 3. The van der Waals surface area contributed by atoms with Crippen LogP contribution < -0.4 is 0 Å². The summed E-state index contributed by atoms with van der Waals surface area (Å²) >= 11 is 0. The largest absolute Gasteiger partial charge is 0.462 e. The van der Waals surface area contributed by atoms with Crippen molar-refractivity contribution in [2.24, 2.45) is 0 Å². The molecule has 16 heteroatoms. The van der Waals surface area contributed by atoms with E-state index in [1.807, 2.05) is 56.3 Å². The summed E-state index contributed by atoms with van der Waals surface area (Å²) in [5.41, 5.74) is 8.22. The van der Waals surface area contributed by atoms with Gasteiger partial charge in [0.05, 0.1) is 45.1 Å². The predicted molar refractivity (Wildman–Crippen MR) is 392 cm³/mol. The Morgan fingerprint density at radius 2 is 0.701 bits per heavy atom. The van der Waals surface area contributed by atoms with E-state index in [0.717, 1.165) is 20.9 Å². The van der Waals surface area contributed by atoms with Crippen LogP contribution in [0.5, 0.6) is 0 Å². The molecule has 3 aromatic heterocycles. The third-order valence-corrected chi connectivity index (χ3v) is 25.3. The van der Waals surface area contributed by atoms with E-state index in [2.05, 4.69) is 154 Å². The maximum atomic E-state index is 13.6. The number of alkyl halides is 6. The summed E-state index contributed by atoms with van der Waals surface area (Å²) in [5.74, 6) is -11.1. The monoisotopic (exact) mass is 1380 g/mol. The predicted octanol–water partition coefficient (Wildman–Crippen LogP) is 24.1. The molecule has 0 saturated heterocycles. The first kappa shape index (κ1) is 72.8. The van der Waals surface area contributed by atoms with Crippen LogP contribution in [0.1, 0.15) is 137 Å². The second-order valence-electron chi connectivity index (χ2n) is 25.8. The van der Waals surface area contributed by atoms with Crippen LogP contribution in [0.2, 0.25) is 0 Å². The highest BCUT2D eigenvalue weighted by Gasteiger charge is 2.53. The van der Waals surface area contributed by atoms with Gasteiger partial charge in [0, 0.05) is 126 Å². The molecule has 0 aliphatic carbocycles. The number of carbonyl (C=O) groups is 3. The van der Waals surface area contributed by atoms with Crippen LogP contribution in [0.4, 0.5) is 26.3 Å². The van der Waals surface area contributed by atoms with E-state index in [0.29, 0.717) is 41.2 Å². The van der Waals surface area contributed by atoms with Crippen molar-refractivity contribution in [2.75, 3.05) is 13.2 Å². The lowest BCUT2D eigenvalue weighted by atomic mass is 10.0. The zero-order valence-corrected chi connectivity index (χ0v) is 59.3. The molecule has 0 saturated carbocycles. The second-order valence-corrected chi connectivity index (χ2v) is 32.2. The Bertz CT molecular complexity index is 5020. The van der Waals surface area contributed by atoms with Gasteiger partial charge in [-0.2, -0.15) is 17.6 Å². The number of rotatable bonds is 13. The smallest absolute Gasteiger partial charge is 0.397 e. The van der Waals surface area contributed by atoms with Crippen LogP contribution in [0.3, 0.4) is 0 Å². The highest BCUT2D eigenvalue weighted by atomic mass is 32.2. The number of aryl methyl sites for hydroxylation is 9. The van der Waals surface area contributed by atoms with Gasteiger partial charge < -0.3 is 19.3 Å². The molecule has 9 aromatic carbocycles. The number of fused-ring (bicyclic) bond motifs is 9. The molecule has 0 fully saturated rings. The Hall–Kier alpha value is -8.41. The quantitative estimate of drug-likeness (QED) is 0.0531. The van der Waals surface area contributed by atoms with E-state index >= 15 is 0 Å². The van der Waals surface area contributed by atoms with Crippen molar-refractivity contribution in [2.45, 2.75) is 148 Å². The van der Waals surface area contributed by atoms with E-state index in [1.165, 1.54) is 98.8 Å². The Kier molecular flexibility index (Phi) is 20.9. The normalized spacial score (nSPS) is 12.6. The summed E-state index contributed by atoms with van der Waals surface area (Å²) in [7, 11) is -0.799. The maximum absolute atomic E-state index is 13.6. The fraction of sp³-hybridized carbons (Fsp3) is 0.296. The SMILES string of the molecule is C.Cc1cc(-[s+]2c(C)c(C)c3c4ccccc4ccc32)cc(C)c1C(=O)OC(C)(F)F.Cc1cc(-[s+]2c(C)c(C)c3c4ccccc4ccc32)cc(C)c1C(=O)OCC(F)(F)C(C)(F)F.Cc1cc(-[s+]2c(C)c(C)c3c4ccccc4ccc32)cc(C)c1C(=O)OCCC(C)(C)O. The van der Waals surface area contributed by atoms with E-state index in [-0.39, 0.29) is 69.5 Å². The maximum Gasteiger partial charge on any atom is 0.397 e. The molecule has 0 spiro atoms. The van der Waals surface area contributed by atoms with Gasteiger partial charge in [0.25, 0.3) is 0 Å². The van der Waals surface area contributed by atoms with E-state index in [1.54, 1.807) is 41.5 Å². The third kappa shape index (κ3) is 14.5. The van der Waals surface area contributed by atoms with Crippen molar-refractivity contribution >= 4 is 112 Å². The first-order valence-electron chi connectivity index (χ1n) is 31.6. The molecular weight excluding hydrogens is 1300 g/mol. The molecule has 97 heavy (non-hydrogen) atoms. The lowest BCUT2D eigenvalue weighted by Gasteiger charge is -2.22. The lowest BCUT2D eigenvalue weighted by Crippen LogP contribution is -2.42. The Morgan fingerprint density at radius 3 is 0.990 bits per heavy atom. The van der Waals surface area contributed by atoms with E-state index in [4.69, 9.17) is 4.74 Å². The number of thiophene rings is 3. The molecule has 1 N–H and O–H groups in total. The number of aliphatic hydroxyl groups is 1. The number of hydrogen-bond acceptors (Lipinski definition) is 7. The van der Waals surface area contributed by atoms with Gasteiger partial charge in [-0.15, -0.1) is 0 Å². The van der Waals surface area contributed by atoms with Gasteiger partial charge in [-0.1, -0.05) is 80.2 Å². The minimum Gasteiger partial charge on any atom is -0.462 e. The molecule has 0 aliphatic heterocycles. The summed E-state index contributed by atoms with van der Waals surface area (Å²) < 4.78 is 97.9. The van der Waals surface area contributed by atoms with E-state index in [9.17, 15) is 45.8 Å². The van der Waals surface area contributed by atoms with Gasteiger partial charge in [-0.05, 0) is 178 Å². The van der Waals surface area contributed by atoms with Crippen molar-refractivity contribution in [1.29, 1.82) is 0 Å². The van der Waals surface area contributed by atoms with Gasteiger partial charge in [0.2, 0.25) is 0 Å². The van der Waals surface area contributed by atoms with Crippen molar-refractivity contribution < 1.29 is 60.0 Å². The van der Waals surface area contributed by atoms with Crippen LogP contribution in [-0.2, 0) is 14.2 Å². The number of hydrogen-bond donors (Lipinski definition) is 1. The van der Waals surface area contributed by atoms with Crippen molar-refractivity contribution in [3.05, 3.63) is 227 Å². The first-order chi connectivity index (χ1) is 45.0. The highest BCUT2D eigenvalue weighted by Crippen LogP contribution is 2.52. The molecule has 0 radical (unpaired) electrons. The van der Waals surface area contributed by atoms with Crippen molar-refractivity contribution in [3.8, 4) is 14.7 Å². The lowest BCUT2D eigenvalue weighted by molar-refractivity contribution is -0.215. The van der Waals surface area contributed by atoms with Crippen molar-refractivity contribution in [1.82, 2.24) is 0 Å². The van der Waals surface area contributed by atoms with Crippen LogP contribution in [0.25, 0.3) is 77.3 Å². The zero-order chi connectivity index (χ0) is 70.0. The summed E-state index contributed by atoms with van der Waals surface area (Å²) in [6.45, 7) is 26.5. The molecule has 3 atom stereocenters. The second kappa shape index (κ2) is 27.8. The van der Waals surface area contributed by atoms with Crippen LogP contribution in [0, 0.1) is 83.1 Å². The fourth-order valence-corrected chi connectivity index (χ4v) is 20.8. The van der Waals surface area contributed by atoms with E-state index < -0.39 is 42.1 Å². The Labute approximate surface area is 571 Å². The minimum absolute atomic E-state index is 0.